The third-order valence-corrected chi connectivity index (χ3v) is 3.83. The molecular weight excluding hydrogens is 222 g/mol. The lowest BCUT2D eigenvalue weighted by atomic mass is 9.83. The average Bonchev–Trinajstić information content (AvgIpc) is 2.46. The van der Waals surface area contributed by atoms with Gasteiger partial charge in [-0.25, -0.2) is 0 Å². The van der Waals surface area contributed by atoms with Crippen molar-refractivity contribution in [1.29, 1.82) is 0 Å². The Morgan fingerprint density at radius 1 is 1.22 bits per heavy atom. The molecule has 18 heavy (non-hydrogen) atoms. The molecule has 98 valence electrons. The predicted molar refractivity (Wildman–Crippen MR) is 76.6 cm³/mol. The summed E-state index contributed by atoms with van der Waals surface area (Å²) in [6, 6.07) is 8.19. The van der Waals surface area contributed by atoms with E-state index < -0.39 is 0 Å². The lowest BCUT2D eigenvalue weighted by Gasteiger charge is -2.23. The van der Waals surface area contributed by atoms with Gasteiger partial charge in [0, 0.05) is 6.54 Å². The summed E-state index contributed by atoms with van der Waals surface area (Å²) in [6.07, 6.45) is 8.96. The van der Waals surface area contributed by atoms with Gasteiger partial charge in [-0.15, -0.1) is 0 Å². The zero-order valence-corrected chi connectivity index (χ0v) is 11.2. The smallest absolute Gasteiger partial charge is 0.118 e. The van der Waals surface area contributed by atoms with Crippen LogP contribution in [-0.2, 0) is 0 Å². The molecule has 1 aromatic carbocycles. The van der Waals surface area contributed by atoms with Crippen molar-refractivity contribution in [3.05, 3.63) is 35.4 Å². The van der Waals surface area contributed by atoms with Gasteiger partial charge in [0.15, 0.2) is 0 Å². The van der Waals surface area contributed by atoms with E-state index in [9.17, 15) is 0 Å². The molecule has 0 amide bonds. The van der Waals surface area contributed by atoms with Crippen molar-refractivity contribution in [2.24, 2.45) is 11.7 Å². The third kappa shape index (κ3) is 3.36. The summed E-state index contributed by atoms with van der Waals surface area (Å²) in [6.45, 7) is 0.677. The van der Waals surface area contributed by atoms with Crippen LogP contribution in [0.5, 0.6) is 5.75 Å². The Hall–Kier alpha value is -1.28. The second-order valence-electron chi connectivity index (χ2n) is 5.03. The molecule has 0 bridgehead atoms. The minimum absolute atomic E-state index is 0.677. The standard InChI is InChI=1S/C16H23NO/c1-18-16-9-7-13(8-10-16)11-15(12-17)14-5-3-2-4-6-14/h7-11,14H,2-6,12,17H2,1H3. The average molecular weight is 245 g/mol. The Morgan fingerprint density at radius 2 is 1.89 bits per heavy atom. The van der Waals surface area contributed by atoms with Crippen molar-refractivity contribution in [2.45, 2.75) is 32.1 Å². The van der Waals surface area contributed by atoms with Gasteiger partial charge in [0.2, 0.25) is 0 Å². The summed E-state index contributed by atoms with van der Waals surface area (Å²) in [5.41, 5.74) is 8.54. The normalized spacial score (nSPS) is 17.8. The molecule has 1 aromatic rings. The molecule has 2 nitrogen and oxygen atoms in total. The van der Waals surface area contributed by atoms with Crippen molar-refractivity contribution in [3.8, 4) is 5.75 Å². The minimum atomic E-state index is 0.677. The number of ether oxygens (including phenoxy) is 1. The highest BCUT2D eigenvalue weighted by molar-refractivity contribution is 5.54. The number of benzene rings is 1. The largest absolute Gasteiger partial charge is 0.497 e. The number of nitrogens with two attached hydrogens (primary N) is 1. The lowest BCUT2D eigenvalue weighted by Crippen LogP contribution is -2.16. The number of rotatable bonds is 4. The van der Waals surface area contributed by atoms with Gasteiger partial charge < -0.3 is 10.5 Å². The van der Waals surface area contributed by atoms with Crippen LogP contribution in [0.15, 0.2) is 29.8 Å². The van der Waals surface area contributed by atoms with Crippen LogP contribution in [0.2, 0.25) is 0 Å². The van der Waals surface area contributed by atoms with E-state index in [0.29, 0.717) is 12.5 Å². The van der Waals surface area contributed by atoms with Crippen molar-refractivity contribution in [2.75, 3.05) is 13.7 Å². The van der Waals surface area contributed by atoms with E-state index >= 15 is 0 Å². The molecular formula is C16H23NO. The fourth-order valence-corrected chi connectivity index (χ4v) is 2.73. The highest BCUT2D eigenvalue weighted by Gasteiger charge is 2.16. The van der Waals surface area contributed by atoms with Crippen molar-refractivity contribution in [1.82, 2.24) is 0 Å². The van der Waals surface area contributed by atoms with Gasteiger partial charge in [0.05, 0.1) is 7.11 Å². The van der Waals surface area contributed by atoms with Gasteiger partial charge in [-0.05, 0) is 36.5 Å². The maximum atomic E-state index is 5.91. The minimum Gasteiger partial charge on any atom is -0.497 e. The lowest BCUT2D eigenvalue weighted by molar-refractivity contribution is 0.401. The first-order valence-corrected chi connectivity index (χ1v) is 6.88. The van der Waals surface area contributed by atoms with Crippen LogP contribution in [0.4, 0.5) is 0 Å². The highest BCUT2D eigenvalue weighted by Crippen LogP contribution is 2.30. The van der Waals surface area contributed by atoms with Crippen LogP contribution >= 0.6 is 0 Å². The number of methoxy groups -OCH3 is 1. The Kier molecular flexibility index (Phi) is 4.82. The van der Waals surface area contributed by atoms with Gasteiger partial charge in [-0.3, -0.25) is 0 Å². The van der Waals surface area contributed by atoms with E-state index in [-0.39, 0.29) is 0 Å². The summed E-state index contributed by atoms with van der Waals surface area (Å²) in [7, 11) is 1.69. The molecule has 0 heterocycles. The van der Waals surface area contributed by atoms with E-state index in [1.54, 1.807) is 7.11 Å². The van der Waals surface area contributed by atoms with Crippen molar-refractivity contribution < 1.29 is 4.74 Å². The van der Waals surface area contributed by atoms with E-state index in [4.69, 9.17) is 10.5 Å². The van der Waals surface area contributed by atoms with Gasteiger partial charge in [-0.1, -0.05) is 43.0 Å². The molecule has 2 rings (SSSR count). The van der Waals surface area contributed by atoms with Crippen molar-refractivity contribution in [3.63, 3.8) is 0 Å². The van der Waals surface area contributed by atoms with Crippen molar-refractivity contribution >= 4 is 6.08 Å². The van der Waals surface area contributed by atoms with Crippen LogP contribution in [0.1, 0.15) is 37.7 Å². The zero-order chi connectivity index (χ0) is 12.8. The predicted octanol–water partition coefficient (Wildman–Crippen LogP) is 3.62. The Bertz CT molecular complexity index is 388. The molecule has 1 aliphatic rings. The van der Waals surface area contributed by atoms with Crippen LogP contribution in [0.25, 0.3) is 6.08 Å². The quantitative estimate of drug-likeness (QED) is 0.879. The molecule has 1 fully saturated rings. The molecule has 0 atom stereocenters. The summed E-state index contributed by atoms with van der Waals surface area (Å²) in [5.74, 6) is 1.60. The third-order valence-electron chi connectivity index (χ3n) is 3.83. The second kappa shape index (κ2) is 6.60. The summed E-state index contributed by atoms with van der Waals surface area (Å²) in [4.78, 5) is 0. The maximum Gasteiger partial charge on any atom is 0.118 e. The zero-order valence-electron chi connectivity index (χ0n) is 11.2. The van der Waals surface area contributed by atoms with E-state index in [0.717, 1.165) is 5.75 Å². The first kappa shape index (κ1) is 13.2. The molecule has 0 aromatic heterocycles. The molecule has 1 saturated carbocycles. The summed E-state index contributed by atoms with van der Waals surface area (Å²) < 4.78 is 5.17. The van der Waals surface area contributed by atoms with Crippen LogP contribution in [0, 0.1) is 5.92 Å². The van der Waals surface area contributed by atoms with E-state index in [1.165, 1.54) is 43.2 Å². The van der Waals surface area contributed by atoms with Gasteiger partial charge >= 0.3 is 0 Å². The Labute approximate surface area is 110 Å². The highest BCUT2D eigenvalue weighted by atomic mass is 16.5. The topological polar surface area (TPSA) is 35.2 Å². The summed E-state index contributed by atoms with van der Waals surface area (Å²) in [5, 5.41) is 0. The number of hydrogen-bond acceptors (Lipinski definition) is 2. The van der Waals surface area contributed by atoms with Gasteiger partial charge in [-0.2, -0.15) is 0 Å². The molecule has 0 unspecified atom stereocenters. The molecule has 0 radical (unpaired) electrons. The van der Waals surface area contributed by atoms with E-state index in [2.05, 4.69) is 18.2 Å². The molecule has 0 saturated heterocycles. The number of hydrogen-bond donors (Lipinski definition) is 1. The Balaban J connectivity index is 2.11. The van der Waals surface area contributed by atoms with Crippen LogP contribution < -0.4 is 10.5 Å². The first-order valence-electron chi connectivity index (χ1n) is 6.88. The fourth-order valence-electron chi connectivity index (χ4n) is 2.73. The molecule has 0 spiro atoms. The first-order chi connectivity index (χ1) is 8.83. The maximum absolute atomic E-state index is 5.91. The molecule has 1 aliphatic carbocycles. The molecule has 2 heteroatoms. The van der Waals surface area contributed by atoms with E-state index in [1.807, 2.05) is 12.1 Å². The Morgan fingerprint density at radius 3 is 2.44 bits per heavy atom. The fraction of sp³-hybridized carbons (Fsp3) is 0.500. The van der Waals surface area contributed by atoms with Gasteiger partial charge in [0.1, 0.15) is 5.75 Å². The second-order valence-corrected chi connectivity index (χ2v) is 5.03. The van der Waals surface area contributed by atoms with Crippen LogP contribution in [0.3, 0.4) is 0 Å². The van der Waals surface area contributed by atoms with Gasteiger partial charge in [0.25, 0.3) is 0 Å². The molecule has 0 aliphatic heterocycles. The SMILES string of the molecule is COc1ccc(C=C(CN)C2CCCCC2)cc1. The monoisotopic (exact) mass is 245 g/mol. The summed E-state index contributed by atoms with van der Waals surface area (Å²) >= 11 is 0. The van der Waals surface area contributed by atoms with Crippen LogP contribution in [-0.4, -0.2) is 13.7 Å². The molecule has 2 N–H and O–H groups in total.